The van der Waals surface area contributed by atoms with E-state index in [-0.39, 0.29) is 29.8 Å². The standard InChI is InChI=1S/C18H24FN5.HI/c1-20-18(22-11-9-15-6-4-5-10-21-15)23-13-14-7-8-17(24(2)3)16(19)12-14;/h4-8,10,12H,9,11,13H2,1-3H3,(H2,20,22,23);1H. The first-order valence-corrected chi connectivity index (χ1v) is 7.90. The second-order valence-corrected chi connectivity index (χ2v) is 5.60. The van der Waals surface area contributed by atoms with Crippen LogP contribution in [0.5, 0.6) is 0 Å². The van der Waals surface area contributed by atoms with E-state index in [2.05, 4.69) is 20.6 Å². The topological polar surface area (TPSA) is 52.6 Å². The Labute approximate surface area is 165 Å². The van der Waals surface area contributed by atoms with Crippen molar-refractivity contribution in [1.82, 2.24) is 15.6 Å². The van der Waals surface area contributed by atoms with Crippen LogP contribution < -0.4 is 15.5 Å². The van der Waals surface area contributed by atoms with E-state index in [1.807, 2.05) is 38.4 Å². The predicted molar refractivity (Wildman–Crippen MR) is 112 cm³/mol. The number of aromatic nitrogens is 1. The third-order valence-corrected chi connectivity index (χ3v) is 3.58. The molecule has 0 saturated carbocycles. The van der Waals surface area contributed by atoms with Crippen molar-refractivity contribution in [3.63, 3.8) is 0 Å². The van der Waals surface area contributed by atoms with Crippen LogP contribution in [0.25, 0.3) is 0 Å². The molecule has 5 nitrogen and oxygen atoms in total. The van der Waals surface area contributed by atoms with Gasteiger partial charge in [0.2, 0.25) is 0 Å². The Morgan fingerprint density at radius 3 is 2.60 bits per heavy atom. The van der Waals surface area contributed by atoms with E-state index in [0.29, 0.717) is 18.2 Å². The first-order chi connectivity index (χ1) is 11.6. The largest absolute Gasteiger partial charge is 0.375 e. The minimum atomic E-state index is -0.225. The number of guanidine groups is 1. The van der Waals surface area contributed by atoms with Crippen LogP contribution in [0.1, 0.15) is 11.3 Å². The average molecular weight is 457 g/mol. The van der Waals surface area contributed by atoms with Crippen molar-refractivity contribution in [3.05, 3.63) is 59.7 Å². The van der Waals surface area contributed by atoms with Crippen LogP contribution in [0.3, 0.4) is 0 Å². The van der Waals surface area contributed by atoms with Crippen LogP contribution in [0, 0.1) is 5.82 Å². The van der Waals surface area contributed by atoms with Crippen molar-refractivity contribution in [1.29, 1.82) is 0 Å². The van der Waals surface area contributed by atoms with Gasteiger partial charge in [-0.1, -0.05) is 12.1 Å². The number of hydrogen-bond donors (Lipinski definition) is 2. The van der Waals surface area contributed by atoms with E-state index in [0.717, 1.165) is 24.2 Å². The van der Waals surface area contributed by atoms with Crippen molar-refractivity contribution >= 4 is 35.6 Å². The van der Waals surface area contributed by atoms with E-state index < -0.39 is 0 Å². The van der Waals surface area contributed by atoms with Crippen LogP contribution in [-0.2, 0) is 13.0 Å². The molecule has 0 spiro atoms. The van der Waals surface area contributed by atoms with Gasteiger partial charge in [0.25, 0.3) is 0 Å². The van der Waals surface area contributed by atoms with Crippen molar-refractivity contribution < 1.29 is 4.39 Å². The first-order valence-electron chi connectivity index (χ1n) is 7.90. The molecule has 0 unspecified atom stereocenters. The van der Waals surface area contributed by atoms with Gasteiger partial charge in [0.15, 0.2) is 5.96 Å². The fourth-order valence-corrected chi connectivity index (χ4v) is 2.28. The number of anilines is 1. The lowest BCUT2D eigenvalue weighted by atomic mass is 10.2. The highest BCUT2D eigenvalue weighted by atomic mass is 127. The highest BCUT2D eigenvalue weighted by molar-refractivity contribution is 14.0. The minimum absolute atomic E-state index is 0. The normalized spacial score (nSPS) is 10.8. The molecule has 0 radical (unpaired) electrons. The van der Waals surface area contributed by atoms with Crippen molar-refractivity contribution in [2.75, 3.05) is 32.6 Å². The van der Waals surface area contributed by atoms with Gasteiger partial charge in [-0.25, -0.2) is 4.39 Å². The minimum Gasteiger partial charge on any atom is -0.375 e. The van der Waals surface area contributed by atoms with Gasteiger partial charge in [-0.2, -0.15) is 0 Å². The van der Waals surface area contributed by atoms with Gasteiger partial charge in [0, 0.05) is 52.5 Å². The quantitative estimate of drug-likeness (QED) is 0.398. The Hall–Kier alpha value is -1.90. The molecule has 0 aliphatic heterocycles. The maximum atomic E-state index is 14.0. The van der Waals surface area contributed by atoms with Crippen LogP contribution in [-0.4, -0.2) is 38.6 Å². The van der Waals surface area contributed by atoms with Gasteiger partial charge in [-0.3, -0.25) is 9.98 Å². The van der Waals surface area contributed by atoms with Crippen LogP contribution in [0.2, 0.25) is 0 Å². The fourth-order valence-electron chi connectivity index (χ4n) is 2.28. The van der Waals surface area contributed by atoms with Crippen LogP contribution in [0.15, 0.2) is 47.6 Å². The van der Waals surface area contributed by atoms with Gasteiger partial charge in [-0.05, 0) is 29.8 Å². The van der Waals surface area contributed by atoms with E-state index in [1.165, 1.54) is 0 Å². The zero-order valence-corrected chi connectivity index (χ0v) is 17.1. The molecular weight excluding hydrogens is 432 g/mol. The summed E-state index contributed by atoms with van der Waals surface area (Å²) in [5.74, 6) is 0.459. The zero-order chi connectivity index (χ0) is 17.4. The maximum Gasteiger partial charge on any atom is 0.191 e. The molecule has 0 amide bonds. The molecule has 0 atom stereocenters. The molecule has 1 aromatic carbocycles. The van der Waals surface area contributed by atoms with Gasteiger partial charge in [0.1, 0.15) is 5.82 Å². The summed E-state index contributed by atoms with van der Waals surface area (Å²) in [5.41, 5.74) is 2.48. The van der Waals surface area contributed by atoms with Gasteiger partial charge in [-0.15, -0.1) is 24.0 Å². The lowest BCUT2D eigenvalue weighted by Crippen LogP contribution is -2.37. The van der Waals surface area contributed by atoms with E-state index in [1.54, 1.807) is 30.3 Å². The second-order valence-electron chi connectivity index (χ2n) is 5.60. The zero-order valence-electron chi connectivity index (χ0n) is 14.8. The number of benzene rings is 1. The fraction of sp³-hybridized carbons (Fsp3) is 0.333. The molecule has 1 aromatic heterocycles. The average Bonchev–Trinajstić information content (AvgIpc) is 2.58. The molecule has 2 N–H and O–H groups in total. The summed E-state index contributed by atoms with van der Waals surface area (Å²) in [6.45, 7) is 1.23. The molecule has 2 aromatic rings. The molecule has 25 heavy (non-hydrogen) atoms. The van der Waals surface area contributed by atoms with E-state index >= 15 is 0 Å². The Balaban J connectivity index is 0.00000312. The second kappa shape index (κ2) is 10.9. The number of hydrogen-bond acceptors (Lipinski definition) is 3. The molecule has 0 bridgehead atoms. The van der Waals surface area contributed by atoms with Gasteiger partial charge >= 0.3 is 0 Å². The SMILES string of the molecule is CN=C(NCCc1ccccn1)NCc1ccc(N(C)C)c(F)c1.I. The Morgan fingerprint density at radius 1 is 1.20 bits per heavy atom. The van der Waals surface area contributed by atoms with Crippen LogP contribution in [0.4, 0.5) is 10.1 Å². The summed E-state index contributed by atoms with van der Waals surface area (Å²) >= 11 is 0. The third kappa shape index (κ3) is 6.85. The molecule has 0 fully saturated rings. The molecular formula is C18H25FIN5. The number of pyridine rings is 1. The summed E-state index contributed by atoms with van der Waals surface area (Å²) in [6.07, 6.45) is 2.60. The molecule has 1 heterocycles. The Morgan fingerprint density at radius 2 is 2.00 bits per heavy atom. The Kier molecular flexibility index (Phi) is 9.18. The number of nitrogens with one attached hydrogen (secondary N) is 2. The number of aliphatic imine (C=N–C) groups is 1. The summed E-state index contributed by atoms with van der Waals surface area (Å²) in [6, 6.07) is 11.1. The third-order valence-electron chi connectivity index (χ3n) is 3.58. The summed E-state index contributed by atoms with van der Waals surface area (Å²) < 4.78 is 14.0. The lowest BCUT2D eigenvalue weighted by molar-refractivity contribution is 0.623. The molecule has 7 heteroatoms. The summed E-state index contributed by atoms with van der Waals surface area (Å²) in [7, 11) is 5.36. The highest BCUT2D eigenvalue weighted by Gasteiger charge is 2.06. The number of rotatable bonds is 6. The molecule has 136 valence electrons. The predicted octanol–water partition coefficient (Wildman–Crippen LogP) is 2.81. The summed E-state index contributed by atoms with van der Waals surface area (Å²) in [4.78, 5) is 10.2. The monoisotopic (exact) mass is 457 g/mol. The van der Waals surface area contributed by atoms with E-state index in [4.69, 9.17) is 0 Å². The van der Waals surface area contributed by atoms with Gasteiger partial charge < -0.3 is 15.5 Å². The molecule has 0 saturated heterocycles. The number of nitrogens with zero attached hydrogens (tertiary/aromatic N) is 3. The molecule has 0 aliphatic rings. The lowest BCUT2D eigenvalue weighted by Gasteiger charge is -2.15. The molecule has 0 aliphatic carbocycles. The van der Waals surface area contributed by atoms with Crippen molar-refractivity contribution in [3.8, 4) is 0 Å². The van der Waals surface area contributed by atoms with Crippen molar-refractivity contribution in [2.45, 2.75) is 13.0 Å². The van der Waals surface area contributed by atoms with Gasteiger partial charge in [0.05, 0.1) is 5.69 Å². The highest BCUT2D eigenvalue weighted by Crippen LogP contribution is 2.18. The molecule has 2 rings (SSSR count). The van der Waals surface area contributed by atoms with Crippen LogP contribution >= 0.6 is 24.0 Å². The maximum absolute atomic E-state index is 14.0. The Bertz CT molecular complexity index is 676. The number of halogens is 2. The van der Waals surface area contributed by atoms with Crippen molar-refractivity contribution in [2.24, 2.45) is 4.99 Å². The van der Waals surface area contributed by atoms with E-state index in [9.17, 15) is 4.39 Å². The first kappa shape index (κ1) is 21.1. The summed E-state index contributed by atoms with van der Waals surface area (Å²) in [5, 5.41) is 6.42. The smallest absolute Gasteiger partial charge is 0.191 e.